The van der Waals surface area contributed by atoms with Crippen molar-refractivity contribution in [1.82, 2.24) is 5.32 Å². The standard InChI is InChI=1S/C16H29NO3/c1-16(2,3)15-12(7-9-20-15)11-17-14(18)10-13-6-4-5-8-19-13/h12-13,15H,4-11H2,1-3H3,(H,17,18)/t12-,13?,15+/m1/s1. The van der Waals surface area contributed by atoms with E-state index in [-0.39, 0.29) is 23.5 Å². The van der Waals surface area contributed by atoms with Crippen molar-refractivity contribution < 1.29 is 14.3 Å². The minimum Gasteiger partial charge on any atom is -0.378 e. The fraction of sp³-hybridized carbons (Fsp3) is 0.938. The van der Waals surface area contributed by atoms with Crippen molar-refractivity contribution in [3.05, 3.63) is 0 Å². The van der Waals surface area contributed by atoms with Gasteiger partial charge >= 0.3 is 0 Å². The lowest BCUT2D eigenvalue weighted by molar-refractivity contribution is -0.125. The van der Waals surface area contributed by atoms with Crippen LogP contribution in [-0.4, -0.2) is 37.9 Å². The summed E-state index contributed by atoms with van der Waals surface area (Å²) in [6, 6.07) is 0. The quantitative estimate of drug-likeness (QED) is 0.862. The molecule has 0 spiro atoms. The Kier molecular flexibility index (Phi) is 5.44. The molecule has 0 bridgehead atoms. The lowest BCUT2D eigenvalue weighted by Crippen LogP contribution is -2.39. The van der Waals surface area contributed by atoms with E-state index < -0.39 is 0 Å². The molecule has 0 aliphatic carbocycles. The molecule has 2 fully saturated rings. The van der Waals surface area contributed by atoms with Gasteiger partial charge in [0, 0.05) is 25.7 Å². The fourth-order valence-corrected chi connectivity index (χ4v) is 3.29. The van der Waals surface area contributed by atoms with Crippen molar-refractivity contribution in [1.29, 1.82) is 0 Å². The van der Waals surface area contributed by atoms with Crippen molar-refractivity contribution in [2.24, 2.45) is 11.3 Å². The van der Waals surface area contributed by atoms with Crippen molar-refractivity contribution in [2.45, 2.75) is 65.1 Å². The summed E-state index contributed by atoms with van der Waals surface area (Å²) < 4.78 is 11.4. The number of carbonyl (C=O) groups is 1. The zero-order chi connectivity index (χ0) is 14.6. The number of hydrogen-bond acceptors (Lipinski definition) is 3. The minimum atomic E-state index is 0.122. The predicted octanol–water partition coefficient (Wildman–Crippen LogP) is 2.51. The van der Waals surface area contributed by atoms with Crippen LogP contribution in [0.25, 0.3) is 0 Å². The van der Waals surface area contributed by atoms with E-state index in [4.69, 9.17) is 9.47 Å². The molecule has 2 aliphatic heterocycles. The molecular formula is C16H29NO3. The molecule has 4 heteroatoms. The molecule has 0 saturated carbocycles. The van der Waals surface area contributed by atoms with Gasteiger partial charge in [0.2, 0.25) is 5.91 Å². The van der Waals surface area contributed by atoms with Gasteiger partial charge in [-0.1, -0.05) is 20.8 Å². The molecule has 2 aliphatic rings. The largest absolute Gasteiger partial charge is 0.378 e. The number of rotatable bonds is 4. The van der Waals surface area contributed by atoms with Crippen LogP contribution in [-0.2, 0) is 14.3 Å². The maximum Gasteiger partial charge on any atom is 0.222 e. The van der Waals surface area contributed by atoms with Gasteiger partial charge in [0.1, 0.15) is 0 Å². The molecule has 0 radical (unpaired) electrons. The van der Waals surface area contributed by atoms with Crippen LogP contribution in [0, 0.1) is 11.3 Å². The zero-order valence-electron chi connectivity index (χ0n) is 13.1. The highest BCUT2D eigenvalue weighted by Crippen LogP contribution is 2.34. The Morgan fingerprint density at radius 1 is 1.15 bits per heavy atom. The molecule has 0 aromatic carbocycles. The highest BCUT2D eigenvalue weighted by atomic mass is 16.5. The number of ether oxygens (including phenoxy) is 2. The van der Waals surface area contributed by atoms with E-state index >= 15 is 0 Å². The Hall–Kier alpha value is -0.610. The molecule has 20 heavy (non-hydrogen) atoms. The van der Waals surface area contributed by atoms with Crippen molar-refractivity contribution in [3.8, 4) is 0 Å². The van der Waals surface area contributed by atoms with Gasteiger partial charge in [0.15, 0.2) is 0 Å². The SMILES string of the molecule is CC(C)(C)[C@H]1OCC[C@@H]1CNC(=O)CC1CCCCO1. The van der Waals surface area contributed by atoms with Crippen molar-refractivity contribution in [3.63, 3.8) is 0 Å². The molecule has 1 unspecified atom stereocenters. The van der Waals surface area contributed by atoms with Gasteiger partial charge in [-0.3, -0.25) is 4.79 Å². The van der Waals surface area contributed by atoms with Crippen LogP contribution in [0.2, 0.25) is 0 Å². The Bertz CT molecular complexity index is 318. The molecule has 1 N–H and O–H groups in total. The van der Waals surface area contributed by atoms with Crippen LogP contribution in [0.4, 0.5) is 0 Å². The first kappa shape index (κ1) is 15.8. The van der Waals surface area contributed by atoms with E-state index in [1.54, 1.807) is 0 Å². The van der Waals surface area contributed by atoms with Gasteiger partial charge < -0.3 is 14.8 Å². The Balaban J connectivity index is 1.72. The number of hydrogen-bond donors (Lipinski definition) is 1. The van der Waals surface area contributed by atoms with E-state index in [0.717, 1.165) is 39.0 Å². The smallest absolute Gasteiger partial charge is 0.222 e. The van der Waals surface area contributed by atoms with E-state index in [1.165, 1.54) is 6.42 Å². The van der Waals surface area contributed by atoms with E-state index in [0.29, 0.717) is 12.3 Å². The summed E-state index contributed by atoms with van der Waals surface area (Å²) in [6.07, 6.45) is 5.25. The summed E-state index contributed by atoms with van der Waals surface area (Å²) >= 11 is 0. The molecule has 1 amide bonds. The normalized spacial score (nSPS) is 31.2. The number of carbonyl (C=O) groups excluding carboxylic acids is 1. The molecule has 4 nitrogen and oxygen atoms in total. The average molecular weight is 283 g/mol. The van der Waals surface area contributed by atoms with E-state index in [1.807, 2.05) is 0 Å². The molecule has 0 aromatic heterocycles. The summed E-state index contributed by atoms with van der Waals surface area (Å²) in [5, 5.41) is 3.08. The lowest BCUT2D eigenvalue weighted by Gasteiger charge is -2.31. The van der Waals surface area contributed by atoms with Gasteiger partial charge in [-0.2, -0.15) is 0 Å². The van der Waals surface area contributed by atoms with Gasteiger partial charge in [-0.05, 0) is 31.1 Å². The van der Waals surface area contributed by atoms with Gasteiger partial charge in [-0.25, -0.2) is 0 Å². The summed E-state index contributed by atoms with van der Waals surface area (Å²) in [4.78, 5) is 12.0. The van der Waals surface area contributed by atoms with Crippen molar-refractivity contribution in [2.75, 3.05) is 19.8 Å². The van der Waals surface area contributed by atoms with E-state index in [9.17, 15) is 4.79 Å². The highest BCUT2D eigenvalue weighted by molar-refractivity contribution is 5.76. The third kappa shape index (κ3) is 4.45. The summed E-state index contributed by atoms with van der Waals surface area (Å²) in [5.74, 6) is 0.558. The highest BCUT2D eigenvalue weighted by Gasteiger charge is 2.37. The van der Waals surface area contributed by atoms with Crippen LogP contribution >= 0.6 is 0 Å². The van der Waals surface area contributed by atoms with Gasteiger partial charge in [0.25, 0.3) is 0 Å². The van der Waals surface area contributed by atoms with E-state index in [2.05, 4.69) is 26.1 Å². The van der Waals surface area contributed by atoms with Gasteiger partial charge in [0.05, 0.1) is 18.6 Å². The van der Waals surface area contributed by atoms with Gasteiger partial charge in [-0.15, -0.1) is 0 Å². The Morgan fingerprint density at radius 3 is 2.60 bits per heavy atom. The third-order valence-corrected chi connectivity index (χ3v) is 4.32. The maximum absolute atomic E-state index is 12.0. The predicted molar refractivity (Wildman–Crippen MR) is 78.5 cm³/mol. The monoisotopic (exact) mass is 283 g/mol. The zero-order valence-corrected chi connectivity index (χ0v) is 13.1. The molecule has 116 valence electrons. The molecular weight excluding hydrogens is 254 g/mol. The topological polar surface area (TPSA) is 47.6 Å². The van der Waals surface area contributed by atoms with Crippen LogP contribution in [0.3, 0.4) is 0 Å². The second-order valence-electron chi connectivity index (χ2n) is 7.20. The molecule has 2 heterocycles. The summed E-state index contributed by atoms with van der Waals surface area (Å²) in [6.45, 7) is 8.96. The first-order valence-corrected chi connectivity index (χ1v) is 7.96. The van der Waals surface area contributed by atoms with Crippen molar-refractivity contribution >= 4 is 5.91 Å². The number of nitrogens with one attached hydrogen (secondary N) is 1. The van der Waals surface area contributed by atoms with Crippen LogP contribution < -0.4 is 5.32 Å². The first-order chi connectivity index (χ1) is 9.47. The van der Waals surface area contributed by atoms with Crippen LogP contribution in [0.5, 0.6) is 0 Å². The third-order valence-electron chi connectivity index (χ3n) is 4.32. The number of amides is 1. The first-order valence-electron chi connectivity index (χ1n) is 7.96. The molecule has 3 atom stereocenters. The fourth-order valence-electron chi connectivity index (χ4n) is 3.29. The molecule has 2 rings (SSSR count). The Labute approximate surface area is 122 Å². The van der Waals surface area contributed by atoms with Crippen LogP contribution in [0.15, 0.2) is 0 Å². The average Bonchev–Trinajstić information content (AvgIpc) is 2.86. The lowest BCUT2D eigenvalue weighted by atomic mass is 9.81. The maximum atomic E-state index is 12.0. The summed E-state index contributed by atoms with van der Waals surface area (Å²) in [5.41, 5.74) is 0.137. The second-order valence-corrected chi connectivity index (χ2v) is 7.20. The second kappa shape index (κ2) is 6.90. The molecule has 0 aromatic rings. The Morgan fingerprint density at radius 2 is 1.95 bits per heavy atom. The summed E-state index contributed by atoms with van der Waals surface area (Å²) in [7, 11) is 0. The molecule has 2 saturated heterocycles. The van der Waals surface area contributed by atoms with Crippen LogP contribution in [0.1, 0.15) is 52.9 Å². The minimum absolute atomic E-state index is 0.122.